The Morgan fingerprint density at radius 3 is 1.68 bits per heavy atom. The van der Waals surface area contributed by atoms with E-state index in [1.54, 1.807) is 0 Å². The lowest BCUT2D eigenvalue weighted by atomic mass is 9.70. The molecule has 0 aliphatic heterocycles. The minimum absolute atomic E-state index is 0.357. The second kappa shape index (κ2) is 9.59. The van der Waals surface area contributed by atoms with Crippen molar-refractivity contribution in [3.8, 4) is 6.07 Å². The van der Waals surface area contributed by atoms with Gasteiger partial charge in [-0.1, -0.05) is 78.1 Å². The molecule has 2 saturated carbocycles. The van der Waals surface area contributed by atoms with Crippen LogP contribution in [0.3, 0.4) is 0 Å². The van der Waals surface area contributed by atoms with Crippen molar-refractivity contribution in [3.63, 3.8) is 0 Å². The van der Waals surface area contributed by atoms with E-state index in [9.17, 15) is 5.26 Å². The Labute approximate surface area is 138 Å². The fraction of sp³-hybridized carbons (Fsp3) is 0.952. The molecule has 1 nitrogen and oxygen atoms in total. The summed E-state index contributed by atoms with van der Waals surface area (Å²) in [6.45, 7) is 4.62. The van der Waals surface area contributed by atoms with Crippen molar-refractivity contribution in [2.45, 2.75) is 97.3 Å². The Balaban J connectivity index is 1.73. The lowest BCUT2D eigenvalue weighted by molar-refractivity contribution is 0.178. The van der Waals surface area contributed by atoms with Crippen molar-refractivity contribution >= 4 is 0 Å². The van der Waals surface area contributed by atoms with Crippen LogP contribution in [-0.2, 0) is 0 Å². The highest BCUT2D eigenvalue weighted by Gasteiger charge is 2.30. The summed E-state index contributed by atoms with van der Waals surface area (Å²) in [6, 6.07) is 2.70. The maximum absolute atomic E-state index is 9.66. The highest BCUT2D eigenvalue weighted by Crippen LogP contribution is 2.40. The molecule has 0 aromatic heterocycles. The first-order chi connectivity index (χ1) is 10.8. The van der Waals surface area contributed by atoms with E-state index >= 15 is 0 Å². The maximum atomic E-state index is 9.66. The molecule has 1 unspecified atom stereocenters. The first-order valence-electron chi connectivity index (χ1n) is 10.2. The summed E-state index contributed by atoms with van der Waals surface area (Å²) in [4.78, 5) is 0. The average molecular weight is 304 g/mol. The van der Waals surface area contributed by atoms with Gasteiger partial charge >= 0.3 is 0 Å². The lowest BCUT2D eigenvalue weighted by Gasteiger charge is -2.34. The van der Waals surface area contributed by atoms with Gasteiger partial charge in [0.2, 0.25) is 0 Å². The molecule has 0 amide bonds. The second-order valence-electron chi connectivity index (χ2n) is 8.22. The van der Waals surface area contributed by atoms with Crippen LogP contribution >= 0.6 is 0 Å². The first kappa shape index (κ1) is 17.8. The SMILES string of the molecule is CCCC1CCC(CC(C#N)C2CCC(CCC)CC2)CC1. The van der Waals surface area contributed by atoms with Crippen LogP contribution in [-0.4, -0.2) is 0 Å². The third-order valence-corrected chi connectivity index (χ3v) is 6.57. The van der Waals surface area contributed by atoms with Gasteiger partial charge in [-0.2, -0.15) is 5.26 Å². The Morgan fingerprint density at radius 1 is 0.773 bits per heavy atom. The van der Waals surface area contributed by atoms with E-state index in [1.807, 2.05) is 0 Å². The fourth-order valence-electron chi connectivity index (χ4n) is 5.16. The highest BCUT2D eigenvalue weighted by atomic mass is 14.4. The fourth-order valence-corrected chi connectivity index (χ4v) is 5.16. The molecule has 2 fully saturated rings. The summed E-state index contributed by atoms with van der Waals surface area (Å²) in [5.41, 5.74) is 0. The third-order valence-electron chi connectivity index (χ3n) is 6.57. The molecule has 0 saturated heterocycles. The van der Waals surface area contributed by atoms with E-state index in [0.717, 1.165) is 17.8 Å². The predicted molar refractivity (Wildman–Crippen MR) is 94.4 cm³/mol. The molecule has 2 rings (SSSR count). The van der Waals surface area contributed by atoms with E-state index in [0.29, 0.717) is 11.8 Å². The zero-order chi connectivity index (χ0) is 15.8. The van der Waals surface area contributed by atoms with E-state index in [-0.39, 0.29) is 0 Å². The van der Waals surface area contributed by atoms with Crippen molar-refractivity contribution in [3.05, 3.63) is 0 Å². The number of nitrogens with zero attached hydrogens (tertiary/aromatic N) is 1. The van der Waals surface area contributed by atoms with E-state index in [1.165, 1.54) is 83.5 Å². The van der Waals surface area contributed by atoms with Gasteiger partial charge in [0.05, 0.1) is 6.07 Å². The standard InChI is InChI=1S/C21H37N/c1-3-5-17-7-9-19(10-8-17)15-21(16-22)20-13-11-18(6-4-2)12-14-20/h17-21H,3-15H2,1-2H3. The largest absolute Gasteiger partial charge is 0.198 e. The molecular formula is C21H37N. The van der Waals surface area contributed by atoms with Crippen LogP contribution in [0.15, 0.2) is 0 Å². The minimum atomic E-state index is 0.357. The maximum Gasteiger partial charge on any atom is 0.0658 e. The van der Waals surface area contributed by atoms with Gasteiger partial charge in [0.1, 0.15) is 0 Å². The summed E-state index contributed by atoms with van der Waals surface area (Å²) >= 11 is 0. The van der Waals surface area contributed by atoms with Crippen LogP contribution in [0.4, 0.5) is 0 Å². The van der Waals surface area contributed by atoms with Crippen LogP contribution in [0.5, 0.6) is 0 Å². The molecule has 2 aliphatic rings. The van der Waals surface area contributed by atoms with Gasteiger partial charge < -0.3 is 0 Å². The Kier molecular flexibility index (Phi) is 7.77. The summed E-state index contributed by atoms with van der Waals surface area (Å²) in [6.07, 6.45) is 17.8. The number of hydrogen-bond donors (Lipinski definition) is 0. The van der Waals surface area contributed by atoms with E-state index in [2.05, 4.69) is 19.9 Å². The van der Waals surface area contributed by atoms with Crippen LogP contribution in [0.2, 0.25) is 0 Å². The lowest BCUT2D eigenvalue weighted by Crippen LogP contribution is -2.24. The minimum Gasteiger partial charge on any atom is -0.198 e. The van der Waals surface area contributed by atoms with Crippen molar-refractivity contribution < 1.29 is 0 Å². The quantitative estimate of drug-likeness (QED) is 0.511. The molecule has 1 heteroatoms. The van der Waals surface area contributed by atoms with Crippen LogP contribution < -0.4 is 0 Å². The topological polar surface area (TPSA) is 23.8 Å². The van der Waals surface area contributed by atoms with E-state index in [4.69, 9.17) is 0 Å². The van der Waals surface area contributed by atoms with Gasteiger partial charge in [0, 0.05) is 5.92 Å². The van der Waals surface area contributed by atoms with Crippen molar-refractivity contribution in [1.29, 1.82) is 5.26 Å². The van der Waals surface area contributed by atoms with E-state index < -0.39 is 0 Å². The Bertz CT molecular complexity index is 326. The van der Waals surface area contributed by atoms with Gasteiger partial charge in [0.15, 0.2) is 0 Å². The molecule has 0 radical (unpaired) electrons. The molecule has 0 spiro atoms. The Hall–Kier alpha value is -0.510. The summed E-state index contributed by atoms with van der Waals surface area (Å²) in [7, 11) is 0. The monoisotopic (exact) mass is 303 g/mol. The van der Waals surface area contributed by atoms with Gasteiger partial charge in [-0.15, -0.1) is 0 Å². The van der Waals surface area contributed by atoms with Gasteiger partial charge in [0.25, 0.3) is 0 Å². The van der Waals surface area contributed by atoms with Gasteiger partial charge in [-0.05, 0) is 42.9 Å². The average Bonchev–Trinajstić information content (AvgIpc) is 2.56. The number of nitriles is 1. The molecule has 0 bridgehead atoms. The molecule has 0 N–H and O–H groups in total. The van der Waals surface area contributed by atoms with Crippen molar-refractivity contribution in [2.24, 2.45) is 29.6 Å². The zero-order valence-electron chi connectivity index (χ0n) is 15.0. The zero-order valence-corrected chi connectivity index (χ0v) is 15.0. The van der Waals surface area contributed by atoms with Crippen LogP contribution in [0.1, 0.15) is 97.3 Å². The number of hydrogen-bond acceptors (Lipinski definition) is 1. The summed E-state index contributed by atoms with van der Waals surface area (Å²) in [5, 5.41) is 9.66. The molecular weight excluding hydrogens is 266 g/mol. The summed E-state index contributed by atoms with van der Waals surface area (Å²) < 4.78 is 0. The third kappa shape index (κ3) is 5.29. The second-order valence-corrected chi connectivity index (χ2v) is 8.22. The summed E-state index contributed by atoms with van der Waals surface area (Å²) in [5.74, 6) is 3.88. The predicted octanol–water partition coefficient (Wildman–Crippen LogP) is 6.73. The van der Waals surface area contributed by atoms with Gasteiger partial charge in [-0.3, -0.25) is 0 Å². The molecule has 126 valence electrons. The van der Waals surface area contributed by atoms with Gasteiger partial charge in [-0.25, -0.2) is 0 Å². The highest BCUT2D eigenvalue weighted by molar-refractivity contribution is 4.92. The van der Waals surface area contributed by atoms with Crippen LogP contribution in [0.25, 0.3) is 0 Å². The molecule has 0 aromatic carbocycles. The normalized spacial score (nSPS) is 34.0. The first-order valence-corrected chi connectivity index (χ1v) is 10.2. The molecule has 1 atom stereocenters. The smallest absolute Gasteiger partial charge is 0.0658 e. The van der Waals surface area contributed by atoms with Crippen molar-refractivity contribution in [1.82, 2.24) is 0 Å². The molecule has 2 aliphatic carbocycles. The molecule has 22 heavy (non-hydrogen) atoms. The van der Waals surface area contributed by atoms with Crippen molar-refractivity contribution in [2.75, 3.05) is 0 Å². The molecule has 0 aromatic rings. The molecule has 0 heterocycles. The van der Waals surface area contributed by atoms with Crippen LogP contribution in [0, 0.1) is 40.9 Å². The Morgan fingerprint density at radius 2 is 1.23 bits per heavy atom. The number of rotatable bonds is 7.